The molecule has 0 aliphatic heterocycles. The number of carboxylic acid groups (broad SMARTS) is 1. The van der Waals surface area contributed by atoms with Gasteiger partial charge in [-0.2, -0.15) is 0 Å². The molecule has 6 nitrogen and oxygen atoms in total. The lowest BCUT2D eigenvalue weighted by atomic mass is 9.86. The van der Waals surface area contributed by atoms with Crippen molar-refractivity contribution < 1.29 is 19.5 Å². The van der Waals surface area contributed by atoms with E-state index < -0.39 is 18.4 Å². The molecule has 28 heavy (non-hydrogen) atoms. The van der Waals surface area contributed by atoms with Gasteiger partial charge in [-0.1, -0.05) is 45.0 Å². The van der Waals surface area contributed by atoms with Gasteiger partial charge in [-0.3, -0.25) is 14.4 Å². The molecule has 0 fully saturated rings. The minimum absolute atomic E-state index is 0.104. The molecule has 0 atom stereocenters. The highest BCUT2D eigenvalue weighted by atomic mass is 16.4. The van der Waals surface area contributed by atoms with E-state index in [9.17, 15) is 14.4 Å². The number of rotatable bonds is 7. The number of hydrogen-bond acceptors (Lipinski definition) is 3. The SMILES string of the molecule is CC(C)(C)c1ccc(CCC(=O)Nc2ccc(C(=O)NCC(=O)O)cc2)cc1. The number of aliphatic carboxylic acids is 1. The van der Waals surface area contributed by atoms with Gasteiger partial charge in [-0.25, -0.2) is 0 Å². The molecule has 3 N–H and O–H groups in total. The summed E-state index contributed by atoms with van der Waals surface area (Å²) in [6.07, 6.45) is 1.00. The van der Waals surface area contributed by atoms with Crippen LogP contribution in [0.5, 0.6) is 0 Å². The minimum atomic E-state index is -1.11. The average molecular weight is 382 g/mol. The second kappa shape index (κ2) is 9.17. The van der Waals surface area contributed by atoms with Crippen LogP contribution in [-0.4, -0.2) is 29.4 Å². The van der Waals surface area contributed by atoms with Gasteiger partial charge in [0.2, 0.25) is 5.91 Å². The largest absolute Gasteiger partial charge is 0.480 e. The van der Waals surface area contributed by atoms with Crippen LogP contribution in [0.1, 0.15) is 48.7 Å². The zero-order chi connectivity index (χ0) is 20.7. The van der Waals surface area contributed by atoms with Gasteiger partial charge >= 0.3 is 5.97 Å². The van der Waals surface area contributed by atoms with Gasteiger partial charge in [0.15, 0.2) is 0 Å². The molecule has 0 bridgehead atoms. The van der Waals surface area contributed by atoms with Crippen LogP contribution in [-0.2, 0) is 21.4 Å². The average Bonchev–Trinajstić information content (AvgIpc) is 2.64. The first kappa shape index (κ1) is 21.2. The highest BCUT2D eigenvalue weighted by Crippen LogP contribution is 2.22. The Balaban J connectivity index is 1.84. The molecule has 0 spiro atoms. The lowest BCUT2D eigenvalue weighted by molar-refractivity contribution is -0.135. The molecule has 6 heteroatoms. The highest BCUT2D eigenvalue weighted by Gasteiger charge is 2.13. The first-order valence-electron chi connectivity index (χ1n) is 9.14. The number of benzene rings is 2. The fourth-order valence-electron chi connectivity index (χ4n) is 2.62. The second-order valence-corrected chi connectivity index (χ2v) is 7.65. The number of aryl methyl sites for hydroxylation is 1. The standard InChI is InChI=1S/C22H26N2O4/c1-22(2,3)17-9-4-15(5-10-17)6-13-19(25)24-18-11-7-16(8-12-18)21(28)23-14-20(26)27/h4-5,7-12H,6,13-14H2,1-3H3,(H,23,28)(H,24,25)(H,26,27). The van der Waals surface area contributed by atoms with Crippen molar-refractivity contribution in [3.8, 4) is 0 Å². The van der Waals surface area contributed by atoms with Crippen LogP contribution in [0.2, 0.25) is 0 Å². The number of carbonyl (C=O) groups excluding carboxylic acids is 2. The van der Waals surface area contributed by atoms with Crippen LogP contribution in [0.25, 0.3) is 0 Å². The zero-order valence-electron chi connectivity index (χ0n) is 16.4. The van der Waals surface area contributed by atoms with Gasteiger partial charge in [-0.05, 0) is 47.2 Å². The molecule has 0 aromatic heterocycles. The number of anilines is 1. The van der Waals surface area contributed by atoms with Gasteiger partial charge < -0.3 is 15.7 Å². The van der Waals surface area contributed by atoms with Crippen LogP contribution < -0.4 is 10.6 Å². The fraction of sp³-hybridized carbons (Fsp3) is 0.318. The number of nitrogens with one attached hydrogen (secondary N) is 2. The first-order valence-corrected chi connectivity index (χ1v) is 9.14. The van der Waals surface area contributed by atoms with Crippen molar-refractivity contribution in [1.82, 2.24) is 5.32 Å². The Morgan fingerprint density at radius 2 is 1.54 bits per heavy atom. The quantitative estimate of drug-likeness (QED) is 0.684. The molecule has 0 aliphatic carbocycles. The maximum Gasteiger partial charge on any atom is 0.322 e. The van der Waals surface area contributed by atoms with Crippen molar-refractivity contribution in [3.63, 3.8) is 0 Å². The van der Waals surface area contributed by atoms with Crippen LogP contribution >= 0.6 is 0 Å². The summed E-state index contributed by atoms with van der Waals surface area (Å²) in [4.78, 5) is 34.4. The summed E-state index contributed by atoms with van der Waals surface area (Å²) >= 11 is 0. The molecule has 0 saturated carbocycles. The Bertz CT molecular complexity index is 834. The summed E-state index contributed by atoms with van der Waals surface area (Å²) in [7, 11) is 0. The Morgan fingerprint density at radius 3 is 2.07 bits per heavy atom. The Morgan fingerprint density at radius 1 is 0.929 bits per heavy atom. The lowest BCUT2D eigenvalue weighted by Crippen LogP contribution is -2.29. The van der Waals surface area contributed by atoms with Crippen molar-refractivity contribution in [2.75, 3.05) is 11.9 Å². The van der Waals surface area contributed by atoms with E-state index in [2.05, 4.69) is 55.7 Å². The van der Waals surface area contributed by atoms with Gasteiger partial charge in [0.05, 0.1) is 0 Å². The molecule has 2 rings (SSSR count). The van der Waals surface area contributed by atoms with Crippen molar-refractivity contribution in [2.24, 2.45) is 0 Å². The van der Waals surface area contributed by atoms with Gasteiger partial charge in [0, 0.05) is 17.7 Å². The third-order valence-electron chi connectivity index (χ3n) is 4.29. The van der Waals surface area contributed by atoms with Gasteiger partial charge in [-0.15, -0.1) is 0 Å². The molecule has 2 aromatic carbocycles. The zero-order valence-corrected chi connectivity index (χ0v) is 16.4. The van der Waals surface area contributed by atoms with Crippen LogP contribution in [0.3, 0.4) is 0 Å². The number of carbonyl (C=O) groups is 3. The molecule has 2 aromatic rings. The fourth-order valence-corrected chi connectivity index (χ4v) is 2.62. The van der Waals surface area contributed by atoms with E-state index in [-0.39, 0.29) is 11.3 Å². The summed E-state index contributed by atoms with van der Waals surface area (Å²) in [5, 5.41) is 13.7. The lowest BCUT2D eigenvalue weighted by Gasteiger charge is -2.19. The molecular formula is C22H26N2O4. The summed E-state index contributed by atoms with van der Waals surface area (Å²) in [5.74, 6) is -1.69. The van der Waals surface area contributed by atoms with E-state index >= 15 is 0 Å². The topological polar surface area (TPSA) is 95.5 Å². The Kier molecular flexibility index (Phi) is 6.93. The second-order valence-electron chi connectivity index (χ2n) is 7.65. The number of hydrogen-bond donors (Lipinski definition) is 3. The van der Waals surface area contributed by atoms with Crippen molar-refractivity contribution >= 4 is 23.5 Å². The minimum Gasteiger partial charge on any atom is -0.480 e. The predicted octanol–water partition coefficient (Wildman–Crippen LogP) is 3.37. The molecule has 2 amide bonds. The van der Waals surface area contributed by atoms with E-state index in [4.69, 9.17) is 5.11 Å². The van der Waals surface area contributed by atoms with E-state index in [0.29, 0.717) is 24.1 Å². The smallest absolute Gasteiger partial charge is 0.322 e. The van der Waals surface area contributed by atoms with E-state index in [1.807, 2.05) is 0 Å². The van der Waals surface area contributed by atoms with Gasteiger partial charge in [0.25, 0.3) is 5.91 Å². The van der Waals surface area contributed by atoms with Crippen LogP contribution in [0.15, 0.2) is 48.5 Å². The maximum atomic E-state index is 12.2. The third kappa shape index (κ3) is 6.54. The molecular weight excluding hydrogens is 356 g/mol. The summed E-state index contributed by atoms with van der Waals surface area (Å²) in [5.41, 5.74) is 3.38. The highest BCUT2D eigenvalue weighted by molar-refractivity contribution is 5.97. The summed E-state index contributed by atoms with van der Waals surface area (Å²) in [6, 6.07) is 14.6. The van der Waals surface area contributed by atoms with E-state index in [1.165, 1.54) is 17.7 Å². The monoisotopic (exact) mass is 382 g/mol. The Labute approximate surface area is 165 Å². The molecule has 148 valence electrons. The maximum absolute atomic E-state index is 12.2. The Hall–Kier alpha value is -3.15. The number of amides is 2. The molecule has 0 saturated heterocycles. The third-order valence-corrected chi connectivity index (χ3v) is 4.29. The number of carboxylic acids is 1. The van der Waals surface area contributed by atoms with Crippen molar-refractivity contribution in [2.45, 2.75) is 39.0 Å². The van der Waals surface area contributed by atoms with Crippen LogP contribution in [0, 0.1) is 0 Å². The van der Waals surface area contributed by atoms with Crippen LogP contribution in [0.4, 0.5) is 5.69 Å². The van der Waals surface area contributed by atoms with Gasteiger partial charge in [0.1, 0.15) is 6.54 Å². The molecule has 0 aliphatic rings. The normalized spacial score (nSPS) is 11.0. The molecule has 0 radical (unpaired) electrons. The first-order chi connectivity index (χ1) is 13.1. The summed E-state index contributed by atoms with van der Waals surface area (Å²) < 4.78 is 0. The van der Waals surface area contributed by atoms with E-state index in [0.717, 1.165) is 5.56 Å². The molecule has 0 heterocycles. The van der Waals surface area contributed by atoms with E-state index in [1.54, 1.807) is 12.1 Å². The predicted molar refractivity (Wildman–Crippen MR) is 109 cm³/mol. The summed E-state index contributed by atoms with van der Waals surface area (Å²) in [6.45, 7) is 6.05. The molecule has 0 unspecified atom stereocenters. The van der Waals surface area contributed by atoms with Crippen molar-refractivity contribution in [3.05, 3.63) is 65.2 Å². The van der Waals surface area contributed by atoms with Crippen molar-refractivity contribution in [1.29, 1.82) is 0 Å².